The molecule has 5 rings (SSSR count). The third-order valence-electron chi connectivity index (χ3n) is 4.29. The number of para-hydroxylation sites is 2. The molecule has 4 nitrogen and oxygen atoms in total. The number of carbonyl (C=O) groups excluding carboxylic acids is 1. The summed E-state index contributed by atoms with van der Waals surface area (Å²) >= 11 is 2.24. The SMILES string of the molecule is Ic1[nH]nc2ccccc12.O=C1Nc2ccccc2C12CC2. The number of hydrogen-bond donors (Lipinski definition) is 2. The van der Waals surface area contributed by atoms with Gasteiger partial charge in [-0.2, -0.15) is 5.10 Å². The van der Waals surface area contributed by atoms with E-state index in [4.69, 9.17) is 0 Å². The fourth-order valence-corrected chi connectivity index (χ4v) is 3.50. The predicted octanol–water partition coefficient (Wildman–Crippen LogP) is 3.84. The Morgan fingerprint density at radius 3 is 2.55 bits per heavy atom. The van der Waals surface area contributed by atoms with Gasteiger partial charge in [-0.15, -0.1) is 0 Å². The molecule has 3 aromatic rings. The first-order chi connectivity index (χ1) is 10.7. The second-order valence-corrected chi connectivity index (χ2v) is 6.72. The first-order valence-electron chi connectivity index (χ1n) is 7.20. The number of hydrogen-bond acceptors (Lipinski definition) is 2. The number of fused-ring (bicyclic) bond motifs is 3. The van der Waals surface area contributed by atoms with Crippen LogP contribution < -0.4 is 5.32 Å². The van der Waals surface area contributed by atoms with Crippen LogP contribution in [0, 0.1) is 3.70 Å². The largest absolute Gasteiger partial charge is 0.325 e. The lowest BCUT2D eigenvalue weighted by molar-refractivity contribution is -0.117. The zero-order valence-corrected chi connectivity index (χ0v) is 13.9. The summed E-state index contributed by atoms with van der Waals surface area (Å²) in [6, 6.07) is 16.0. The van der Waals surface area contributed by atoms with Crippen molar-refractivity contribution in [3.63, 3.8) is 0 Å². The minimum atomic E-state index is -0.114. The number of H-pyrrole nitrogens is 1. The van der Waals surface area contributed by atoms with Gasteiger partial charge in [0, 0.05) is 11.1 Å². The van der Waals surface area contributed by atoms with Crippen LogP contribution in [0.1, 0.15) is 18.4 Å². The highest BCUT2D eigenvalue weighted by Gasteiger charge is 2.55. The van der Waals surface area contributed by atoms with Crippen molar-refractivity contribution in [3.8, 4) is 0 Å². The molecule has 1 spiro atoms. The Balaban J connectivity index is 0.000000116. The standard InChI is InChI=1S/C10H9NO.C7H5IN2/c12-9-10(5-6-10)7-3-1-2-4-8(7)11-9;8-7-5-3-1-2-4-6(5)9-10-7/h1-4H,5-6H2,(H,11,12);1-4H,(H,9,10). The Kier molecular flexibility index (Phi) is 3.18. The lowest BCUT2D eigenvalue weighted by Crippen LogP contribution is -2.18. The van der Waals surface area contributed by atoms with Crippen molar-refractivity contribution < 1.29 is 4.79 Å². The van der Waals surface area contributed by atoms with Gasteiger partial charge in [0.1, 0.15) is 3.70 Å². The number of anilines is 1. The first kappa shape index (κ1) is 13.8. The number of aromatic nitrogens is 2. The summed E-state index contributed by atoms with van der Waals surface area (Å²) in [5.41, 5.74) is 3.14. The lowest BCUT2D eigenvalue weighted by Gasteiger charge is -2.01. The fourth-order valence-electron chi connectivity index (χ4n) is 2.92. The maximum atomic E-state index is 11.5. The van der Waals surface area contributed by atoms with E-state index in [2.05, 4.69) is 50.2 Å². The van der Waals surface area contributed by atoms with Gasteiger partial charge < -0.3 is 5.32 Å². The molecule has 0 atom stereocenters. The number of benzene rings is 2. The molecule has 0 saturated heterocycles. The molecule has 2 aliphatic rings. The van der Waals surface area contributed by atoms with E-state index >= 15 is 0 Å². The van der Waals surface area contributed by atoms with Crippen LogP contribution >= 0.6 is 22.6 Å². The molecular weight excluding hydrogens is 389 g/mol. The second-order valence-electron chi connectivity index (χ2n) is 5.64. The summed E-state index contributed by atoms with van der Waals surface area (Å²) in [7, 11) is 0. The van der Waals surface area contributed by atoms with Crippen molar-refractivity contribution in [3.05, 3.63) is 57.8 Å². The van der Waals surface area contributed by atoms with Gasteiger partial charge in [-0.3, -0.25) is 9.89 Å². The highest BCUT2D eigenvalue weighted by atomic mass is 127. The van der Waals surface area contributed by atoms with Gasteiger partial charge in [0.2, 0.25) is 5.91 Å². The predicted molar refractivity (Wildman–Crippen MR) is 94.8 cm³/mol. The van der Waals surface area contributed by atoms with Crippen LogP contribution in [0.3, 0.4) is 0 Å². The third kappa shape index (κ3) is 2.11. The second kappa shape index (κ2) is 5.08. The van der Waals surface area contributed by atoms with Crippen molar-refractivity contribution in [2.75, 3.05) is 5.32 Å². The quantitative estimate of drug-likeness (QED) is 0.561. The number of nitrogens with zero attached hydrogens (tertiary/aromatic N) is 1. The van der Waals surface area contributed by atoms with Crippen LogP contribution in [-0.2, 0) is 10.2 Å². The average molecular weight is 403 g/mol. The molecule has 5 heteroatoms. The van der Waals surface area contributed by atoms with E-state index in [-0.39, 0.29) is 11.3 Å². The van der Waals surface area contributed by atoms with Gasteiger partial charge in [-0.25, -0.2) is 0 Å². The van der Waals surface area contributed by atoms with Gasteiger partial charge in [-0.1, -0.05) is 36.4 Å². The third-order valence-corrected chi connectivity index (χ3v) is 5.11. The van der Waals surface area contributed by atoms with Crippen LogP contribution in [0.5, 0.6) is 0 Å². The number of amides is 1. The molecule has 0 radical (unpaired) electrons. The van der Waals surface area contributed by atoms with Crippen LogP contribution in [0.25, 0.3) is 10.9 Å². The van der Waals surface area contributed by atoms with Crippen LogP contribution in [0.2, 0.25) is 0 Å². The Labute approximate surface area is 141 Å². The van der Waals surface area contributed by atoms with Gasteiger partial charge in [0.25, 0.3) is 0 Å². The monoisotopic (exact) mass is 403 g/mol. The number of aromatic amines is 1. The molecule has 1 aliphatic heterocycles. The number of halogens is 1. The van der Waals surface area contributed by atoms with Crippen molar-refractivity contribution in [2.24, 2.45) is 0 Å². The Morgan fingerprint density at radius 1 is 1.05 bits per heavy atom. The summed E-state index contributed by atoms with van der Waals surface area (Å²) in [4.78, 5) is 11.5. The summed E-state index contributed by atoms with van der Waals surface area (Å²) in [6.07, 6.45) is 2.05. The summed E-state index contributed by atoms with van der Waals surface area (Å²) < 4.78 is 1.10. The van der Waals surface area contributed by atoms with Crippen LogP contribution in [0.15, 0.2) is 48.5 Å². The molecule has 1 fully saturated rings. The van der Waals surface area contributed by atoms with Gasteiger partial charge >= 0.3 is 0 Å². The van der Waals surface area contributed by atoms with Gasteiger partial charge in [0.05, 0.1) is 10.9 Å². The smallest absolute Gasteiger partial charge is 0.235 e. The Hall–Kier alpha value is -1.89. The molecule has 0 bridgehead atoms. The molecule has 2 N–H and O–H groups in total. The van der Waals surface area contributed by atoms with Gasteiger partial charge in [0.15, 0.2) is 0 Å². The normalized spacial score (nSPS) is 16.9. The van der Waals surface area contributed by atoms with E-state index in [1.165, 1.54) is 10.9 Å². The van der Waals surface area contributed by atoms with Gasteiger partial charge in [-0.05, 0) is 53.1 Å². The van der Waals surface area contributed by atoms with Crippen molar-refractivity contribution in [1.29, 1.82) is 0 Å². The van der Waals surface area contributed by atoms with Crippen LogP contribution in [0.4, 0.5) is 5.69 Å². The molecule has 0 unspecified atom stereocenters. The van der Waals surface area contributed by atoms with E-state index in [1.54, 1.807) is 0 Å². The van der Waals surface area contributed by atoms with Crippen molar-refractivity contribution >= 4 is 45.1 Å². The van der Waals surface area contributed by atoms with E-state index in [1.807, 2.05) is 36.4 Å². The van der Waals surface area contributed by atoms with E-state index in [0.29, 0.717) is 0 Å². The average Bonchev–Trinajstić information content (AvgIpc) is 3.20. The number of carbonyl (C=O) groups is 1. The summed E-state index contributed by atoms with van der Waals surface area (Å²) in [5, 5.41) is 11.1. The molecule has 22 heavy (non-hydrogen) atoms. The Bertz CT molecular complexity index is 867. The highest BCUT2D eigenvalue weighted by molar-refractivity contribution is 14.1. The fraction of sp³-hybridized carbons (Fsp3) is 0.176. The zero-order valence-electron chi connectivity index (χ0n) is 11.8. The van der Waals surface area contributed by atoms with Crippen molar-refractivity contribution in [1.82, 2.24) is 10.2 Å². The maximum absolute atomic E-state index is 11.5. The zero-order chi connectivity index (χ0) is 15.2. The lowest BCUT2D eigenvalue weighted by atomic mass is 9.98. The summed E-state index contributed by atoms with van der Waals surface area (Å²) in [6.45, 7) is 0. The molecule has 1 aromatic heterocycles. The van der Waals surface area contributed by atoms with E-state index in [0.717, 1.165) is 27.7 Å². The number of nitrogens with one attached hydrogen (secondary N) is 2. The topological polar surface area (TPSA) is 57.8 Å². The van der Waals surface area contributed by atoms with Crippen molar-refractivity contribution in [2.45, 2.75) is 18.3 Å². The Morgan fingerprint density at radius 2 is 1.77 bits per heavy atom. The molecule has 1 amide bonds. The minimum absolute atomic E-state index is 0.114. The number of rotatable bonds is 0. The molecule has 2 aromatic carbocycles. The molecular formula is C17H14IN3O. The molecule has 110 valence electrons. The maximum Gasteiger partial charge on any atom is 0.235 e. The summed E-state index contributed by atoms with van der Waals surface area (Å²) in [5.74, 6) is 0.198. The van der Waals surface area contributed by atoms with E-state index in [9.17, 15) is 4.79 Å². The van der Waals surface area contributed by atoms with Crippen LogP contribution in [-0.4, -0.2) is 16.1 Å². The molecule has 2 heterocycles. The molecule has 1 aliphatic carbocycles. The molecule has 1 saturated carbocycles. The minimum Gasteiger partial charge on any atom is -0.325 e. The highest BCUT2D eigenvalue weighted by Crippen LogP contribution is 2.54. The van der Waals surface area contributed by atoms with E-state index < -0.39 is 0 Å². The first-order valence-corrected chi connectivity index (χ1v) is 8.28.